The van der Waals surface area contributed by atoms with E-state index in [2.05, 4.69) is 0 Å². The Kier molecular flexibility index (Phi) is 6.34. The van der Waals surface area contributed by atoms with E-state index < -0.39 is 71.4 Å². The molecule has 0 fully saturated rings. The van der Waals surface area contributed by atoms with Crippen molar-refractivity contribution in [2.75, 3.05) is 0 Å². The third-order valence-electron chi connectivity index (χ3n) is 4.53. The minimum atomic E-state index is -5.46. The summed E-state index contributed by atoms with van der Waals surface area (Å²) in [6, 6.07) is 0. The largest absolute Gasteiger partial charge is 0.417 e. The third-order valence-corrected chi connectivity index (χ3v) is 5.45. The van der Waals surface area contributed by atoms with Crippen LogP contribution in [0.2, 0.25) is 0 Å². The molecule has 0 saturated carbocycles. The molecule has 0 aliphatic carbocycles. The molecule has 1 aromatic carbocycles. The number of rotatable bonds is 1. The van der Waals surface area contributed by atoms with Crippen LogP contribution in [0.4, 0.5) is 26.3 Å². The van der Waals surface area contributed by atoms with E-state index in [0.717, 1.165) is 0 Å². The molecule has 0 aromatic heterocycles. The van der Waals surface area contributed by atoms with E-state index in [9.17, 15) is 39.3 Å². The van der Waals surface area contributed by atoms with Gasteiger partial charge in [0.05, 0.1) is 11.1 Å². The van der Waals surface area contributed by atoms with Crippen LogP contribution in [0.3, 0.4) is 0 Å². The van der Waals surface area contributed by atoms with E-state index in [1.807, 2.05) is 0 Å². The van der Waals surface area contributed by atoms with Crippen LogP contribution in [-0.4, -0.2) is 13.0 Å². The SMILES string of the molecule is CC(C)(C)c1c(C(F)(F)F)c(C(C)(C)C)c(S(=O)(=O)O)c(C(C)(C)C)c1C(F)(F)F. The van der Waals surface area contributed by atoms with Crippen LogP contribution in [0.1, 0.15) is 90.1 Å². The van der Waals surface area contributed by atoms with Gasteiger partial charge in [0.1, 0.15) is 4.90 Å². The Balaban J connectivity index is 4.94. The highest BCUT2D eigenvalue weighted by Gasteiger charge is 2.53. The van der Waals surface area contributed by atoms with E-state index >= 15 is 0 Å². The molecule has 174 valence electrons. The molecule has 0 saturated heterocycles. The number of hydrogen-bond acceptors (Lipinski definition) is 2. The summed E-state index contributed by atoms with van der Waals surface area (Å²) in [5.41, 5.74) is -10.9. The lowest BCUT2D eigenvalue weighted by atomic mass is 9.68. The molecule has 0 atom stereocenters. The van der Waals surface area contributed by atoms with Gasteiger partial charge in [0, 0.05) is 0 Å². The Morgan fingerprint density at radius 1 is 0.533 bits per heavy atom. The van der Waals surface area contributed by atoms with Gasteiger partial charge in [-0.1, -0.05) is 62.3 Å². The topological polar surface area (TPSA) is 54.4 Å². The van der Waals surface area contributed by atoms with Crippen LogP contribution < -0.4 is 0 Å². The highest BCUT2D eigenvalue weighted by molar-refractivity contribution is 7.86. The summed E-state index contributed by atoms with van der Waals surface area (Å²) < 4.78 is 120. The summed E-state index contributed by atoms with van der Waals surface area (Å²) in [6.07, 6.45) is -10.6. The van der Waals surface area contributed by atoms with Gasteiger partial charge in [-0.2, -0.15) is 34.8 Å². The first-order chi connectivity index (χ1) is 12.7. The second kappa shape index (κ2) is 7.12. The first kappa shape index (κ1) is 26.7. The van der Waals surface area contributed by atoms with E-state index in [4.69, 9.17) is 0 Å². The fraction of sp³-hybridized carbons (Fsp3) is 0.700. The maximum absolute atomic E-state index is 14.3. The van der Waals surface area contributed by atoms with Crippen LogP contribution in [-0.2, 0) is 38.7 Å². The van der Waals surface area contributed by atoms with E-state index in [1.54, 1.807) is 0 Å². The van der Waals surface area contributed by atoms with Crippen molar-refractivity contribution in [2.24, 2.45) is 0 Å². The van der Waals surface area contributed by atoms with E-state index in [0.29, 0.717) is 0 Å². The minimum Gasteiger partial charge on any atom is -0.282 e. The second-order valence-corrected chi connectivity index (χ2v) is 11.8. The maximum atomic E-state index is 14.3. The first-order valence-electron chi connectivity index (χ1n) is 9.10. The maximum Gasteiger partial charge on any atom is 0.417 e. The van der Waals surface area contributed by atoms with Crippen molar-refractivity contribution in [1.29, 1.82) is 0 Å². The standard InChI is InChI=1S/C20H28F6O3S/c1-16(2,3)10-11(19(21,22)23)13(17(4,5)6)15(30(27,28)29)14(18(7,8)9)12(10)20(24,25)26/h1-9H3,(H,27,28,29). The van der Waals surface area contributed by atoms with Crippen molar-refractivity contribution < 1.29 is 39.3 Å². The van der Waals surface area contributed by atoms with Crippen molar-refractivity contribution in [3.63, 3.8) is 0 Å². The second-order valence-electron chi connectivity index (χ2n) is 10.4. The molecule has 0 bridgehead atoms. The summed E-state index contributed by atoms with van der Waals surface area (Å²) >= 11 is 0. The van der Waals surface area contributed by atoms with Crippen molar-refractivity contribution in [3.8, 4) is 0 Å². The lowest BCUT2D eigenvalue weighted by Crippen LogP contribution is -2.36. The number of alkyl halides is 6. The summed E-state index contributed by atoms with van der Waals surface area (Å²) in [5.74, 6) is 0. The van der Waals surface area contributed by atoms with Gasteiger partial charge in [0.25, 0.3) is 10.1 Å². The van der Waals surface area contributed by atoms with Crippen LogP contribution in [0, 0.1) is 0 Å². The zero-order chi connectivity index (χ0) is 24.5. The van der Waals surface area contributed by atoms with Gasteiger partial charge in [-0.3, -0.25) is 4.55 Å². The molecule has 0 amide bonds. The fourth-order valence-electron chi connectivity index (χ4n) is 3.73. The van der Waals surface area contributed by atoms with Gasteiger partial charge >= 0.3 is 12.4 Å². The Hall–Kier alpha value is -1.29. The lowest BCUT2D eigenvalue weighted by molar-refractivity contribution is -0.147. The number of benzene rings is 1. The zero-order valence-corrected chi connectivity index (χ0v) is 19.3. The molecule has 30 heavy (non-hydrogen) atoms. The van der Waals surface area contributed by atoms with Gasteiger partial charge in [0.2, 0.25) is 0 Å². The molecule has 0 radical (unpaired) electrons. The number of hydrogen-bond donors (Lipinski definition) is 1. The Labute approximate surface area is 173 Å². The summed E-state index contributed by atoms with van der Waals surface area (Å²) in [5, 5.41) is 0. The van der Waals surface area contributed by atoms with E-state index in [1.165, 1.54) is 62.3 Å². The van der Waals surface area contributed by atoms with Crippen LogP contribution in [0.5, 0.6) is 0 Å². The molecular formula is C20H28F6O3S. The van der Waals surface area contributed by atoms with Crippen LogP contribution in [0.25, 0.3) is 0 Å². The third kappa shape index (κ3) is 5.12. The highest BCUT2D eigenvalue weighted by Crippen LogP contribution is 2.54. The smallest absolute Gasteiger partial charge is 0.282 e. The quantitative estimate of drug-likeness (QED) is 0.366. The van der Waals surface area contributed by atoms with Gasteiger partial charge in [-0.05, 0) is 32.9 Å². The average molecular weight is 462 g/mol. The van der Waals surface area contributed by atoms with Crippen LogP contribution >= 0.6 is 0 Å². The van der Waals surface area contributed by atoms with Crippen molar-refractivity contribution in [3.05, 3.63) is 27.8 Å². The normalized spacial score (nSPS) is 14.9. The molecule has 0 heterocycles. The van der Waals surface area contributed by atoms with Crippen molar-refractivity contribution in [2.45, 2.75) is 95.8 Å². The Morgan fingerprint density at radius 2 is 0.767 bits per heavy atom. The Morgan fingerprint density at radius 3 is 0.900 bits per heavy atom. The molecule has 10 heteroatoms. The molecule has 3 nitrogen and oxygen atoms in total. The molecular weight excluding hydrogens is 434 g/mol. The van der Waals surface area contributed by atoms with Gasteiger partial charge < -0.3 is 0 Å². The zero-order valence-electron chi connectivity index (χ0n) is 18.4. The minimum absolute atomic E-state index is 0.875. The highest BCUT2D eigenvalue weighted by atomic mass is 32.2. The lowest BCUT2D eigenvalue weighted by Gasteiger charge is -2.39. The first-order valence-corrected chi connectivity index (χ1v) is 10.5. The molecule has 1 N–H and O–H groups in total. The van der Waals surface area contributed by atoms with Crippen LogP contribution in [0.15, 0.2) is 4.90 Å². The van der Waals surface area contributed by atoms with E-state index in [-0.39, 0.29) is 0 Å². The summed E-state index contributed by atoms with van der Waals surface area (Å²) in [7, 11) is -5.46. The molecule has 0 unspecified atom stereocenters. The molecule has 0 spiro atoms. The van der Waals surface area contributed by atoms with Gasteiger partial charge in [-0.25, -0.2) is 0 Å². The van der Waals surface area contributed by atoms with Crippen molar-refractivity contribution in [1.82, 2.24) is 0 Å². The Bertz CT molecular complexity index is 883. The molecule has 1 aromatic rings. The molecule has 1 rings (SSSR count). The predicted molar refractivity (Wildman–Crippen MR) is 102 cm³/mol. The van der Waals surface area contributed by atoms with Crippen molar-refractivity contribution >= 4 is 10.1 Å². The van der Waals surface area contributed by atoms with Gasteiger partial charge in [0.15, 0.2) is 0 Å². The number of halogens is 6. The molecule has 0 aliphatic heterocycles. The summed E-state index contributed by atoms with van der Waals surface area (Å²) in [6.45, 7) is 11.2. The molecule has 0 aliphatic rings. The fourth-order valence-corrected chi connectivity index (χ4v) is 5.07. The van der Waals surface area contributed by atoms with Gasteiger partial charge in [-0.15, -0.1) is 0 Å². The average Bonchev–Trinajstić information content (AvgIpc) is 2.37. The predicted octanol–water partition coefficient (Wildman–Crippen LogP) is 6.86. The monoisotopic (exact) mass is 462 g/mol. The summed E-state index contributed by atoms with van der Waals surface area (Å²) in [4.78, 5) is -1.32.